The van der Waals surface area contributed by atoms with Crippen molar-refractivity contribution in [2.24, 2.45) is 0 Å². The summed E-state index contributed by atoms with van der Waals surface area (Å²) >= 11 is 0. The van der Waals surface area contributed by atoms with Crippen LogP contribution in [0.1, 0.15) is 70.0 Å². The van der Waals surface area contributed by atoms with E-state index in [0.717, 1.165) is 12.0 Å². The molecule has 2 aromatic carbocycles. The molecule has 0 saturated heterocycles. The largest absolute Gasteiger partial charge is 0.490 e. The van der Waals surface area contributed by atoms with Gasteiger partial charge in [-0.05, 0) is 53.1 Å². The highest BCUT2D eigenvalue weighted by atomic mass is 16.5. The lowest BCUT2D eigenvalue weighted by atomic mass is 9.80. The van der Waals surface area contributed by atoms with Crippen molar-refractivity contribution < 1.29 is 19.0 Å². The van der Waals surface area contributed by atoms with E-state index in [1.807, 2.05) is 6.92 Å². The van der Waals surface area contributed by atoms with Gasteiger partial charge in [-0.3, -0.25) is 4.79 Å². The van der Waals surface area contributed by atoms with Crippen molar-refractivity contribution >= 4 is 6.29 Å². The van der Waals surface area contributed by atoms with Gasteiger partial charge < -0.3 is 14.2 Å². The summed E-state index contributed by atoms with van der Waals surface area (Å²) in [7, 11) is 0. The molecule has 0 amide bonds. The van der Waals surface area contributed by atoms with Crippen LogP contribution in [0.2, 0.25) is 0 Å². The fraction of sp³-hybridized carbons (Fsp3) is 0.480. The molecule has 29 heavy (non-hydrogen) atoms. The second-order valence-electron chi connectivity index (χ2n) is 9.16. The number of aldehydes is 1. The Morgan fingerprint density at radius 3 is 1.93 bits per heavy atom. The minimum atomic E-state index is -0.0236. The minimum absolute atomic E-state index is 0.0236. The lowest BCUT2D eigenvalue weighted by molar-refractivity contribution is 0.112. The third kappa shape index (κ3) is 6.25. The molecule has 2 aromatic rings. The third-order valence-corrected chi connectivity index (χ3v) is 4.66. The topological polar surface area (TPSA) is 44.8 Å². The fourth-order valence-corrected chi connectivity index (χ4v) is 3.00. The number of rotatable bonds is 8. The van der Waals surface area contributed by atoms with Crippen LogP contribution in [0.3, 0.4) is 0 Å². The molecule has 0 fully saturated rings. The van der Waals surface area contributed by atoms with Crippen LogP contribution in [0.5, 0.6) is 17.2 Å². The maximum Gasteiger partial charge on any atom is 0.161 e. The molecule has 0 bridgehead atoms. The summed E-state index contributed by atoms with van der Waals surface area (Å²) in [4.78, 5) is 11.0. The Kier molecular flexibility index (Phi) is 7.34. The van der Waals surface area contributed by atoms with E-state index in [1.165, 1.54) is 11.1 Å². The summed E-state index contributed by atoms with van der Waals surface area (Å²) < 4.78 is 17.5. The van der Waals surface area contributed by atoms with Gasteiger partial charge in [-0.2, -0.15) is 0 Å². The SMILES string of the molecule is CCOc1cc(C=O)ccc1OCCOc1ccc(C(C)(C)C)cc1C(C)(C)C. The quantitative estimate of drug-likeness (QED) is 0.407. The van der Waals surface area contributed by atoms with Crippen LogP contribution in [0, 0.1) is 0 Å². The Morgan fingerprint density at radius 2 is 1.38 bits per heavy atom. The van der Waals surface area contributed by atoms with Gasteiger partial charge in [-0.25, -0.2) is 0 Å². The average molecular weight is 399 g/mol. The van der Waals surface area contributed by atoms with Crippen LogP contribution in [0.4, 0.5) is 0 Å². The molecule has 0 unspecified atom stereocenters. The molecule has 0 atom stereocenters. The van der Waals surface area contributed by atoms with Gasteiger partial charge in [0.1, 0.15) is 25.2 Å². The fourth-order valence-electron chi connectivity index (χ4n) is 3.00. The summed E-state index contributed by atoms with van der Waals surface area (Å²) in [5, 5.41) is 0. The van der Waals surface area contributed by atoms with E-state index in [2.05, 4.69) is 59.7 Å². The molecule has 0 heterocycles. The lowest BCUT2D eigenvalue weighted by Gasteiger charge is -2.27. The van der Waals surface area contributed by atoms with Gasteiger partial charge >= 0.3 is 0 Å². The molecule has 4 nitrogen and oxygen atoms in total. The monoisotopic (exact) mass is 398 g/mol. The molecule has 0 N–H and O–H groups in total. The predicted molar refractivity (Wildman–Crippen MR) is 118 cm³/mol. The molecule has 0 aliphatic carbocycles. The van der Waals surface area contributed by atoms with Crippen LogP contribution in [-0.2, 0) is 10.8 Å². The Labute approximate surface area is 175 Å². The van der Waals surface area contributed by atoms with Gasteiger partial charge in [0, 0.05) is 5.56 Å². The highest BCUT2D eigenvalue weighted by Crippen LogP contribution is 2.35. The van der Waals surface area contributed by atoms with Gasteiger partial charge in [-0.15, -0.1) is 0 Å². The van der Waals surface area contributed by atoms with Crippen LogP contribution in [0.15, 0.2) is 36.4 Å². The van der Waals surface area contributed by atoms with Crippen molar-refractivity contribution in [1.29, 1.82) is 0 Å². The Hall–Kier alpha value is -2.49. The van der Waals surface area contributed by atoms with Gasteiger partial charge in [0.15, 0.2) is 11.5 Å². The lowest BCUT2D eigenvalue weighted by Crippen LogP contribution is -2.19. The zero-order chi connectivity index (χ0) is 21.7. The number of ether oxygens (including phenoxy) is 3. The van der Waals surface area contributed by atoms with Crippen molar-refractivity contribution in [3.8, 4) is 17.2 Å². The first-order valence-electron chi connectivity index (χ1n) is 10.2. The normalized spacial score (nSPS) is 11.8. The summed E-state index contributed by atoms with van der Waals surface area (Å²) in [6.45, 7) is 16.4. The number of hydrogen-bond acceptors (Lipinski definition) is 4. The maximum atomic E-state index is 11.0. The van der Waals surface area contributed by atoms with Crippen molar-refractivity contribution in [2.75, 3.05) is 19.8 Å². The van der Waals surface area contributed by atoms with E-state index in [0.29, 0.717) is 36.9 Å². The van der Waals surface area contributed by atoms with Crippen molar-refractivity contribution in [2.45, 2.75) is 59.3 Å². The number of carbonyl (C=O) groups excluding carboxylic acids is 1. The Morgan fingerprint density at radius 1 is 0.759 bits per heavy atom. The van der Waals surface area contributed by atoms with Gasteiger partial charge in [0.25, 0.3) is 0 Å². The first-order valence-corrected chi connectivity index (χ1v) is 10.2. The molecular formula is C25H34O4. The smallest absolute Gasteiger partial charge is 0.161 e. The molecule has 158 valence electrons. The van der Waals surface area contributed by atoms with Gasteiger partial charge in [-0.1, -0.05) is 53.7 Å². The molecule has 4 heteroatoms. The molecule has 0 radical (unpaired) electrons. The number of carbonyl (C=O) groups is 1. The zero-order valence-electron chi connectivity index (χ0n) is 18.8. The highest BCUT2D eigenvalue weighted by molar-refractivity contribution is 5.76. The summed E-state index contributed by atoms with van der Waals surface area (Å²) in [5.41, 5.74) is 3.11. The first-order chi connectivity index (χ1) is 13.6. The summed E-state index contributed by atoms with van der Waals surface area (Å²) in [6, 6.07) is 11.6. The van der Waals surface area contributed by atoms with E-state index in [1.54, 1.807) is 18.2 Å². The standard InChI is InChI=1S/C25H34O4/c1-8-27-23-15-18(17-26)9-11-22(23)29-14-13-28-21-12-10-19(24(2,3)4)16-20(21)25(5,6)7/h9-12,15-17H,8,13-14H2,1-7H3. The van der Waals surface area contributed by atoms with Gasteiger partial charge in [0.2, 0.25) is 0 Å². The van der Waals surface area contributed by atoms with E-state index in [-0.39, 0.29) is 10.8 Å². The third-order valence-electron chi connectivity index (χ3n) is 4.66. The molecule has 0 aromatic heterocycles. The van der Waals surface area contributed by atoms with Crippen molar-refractivity contribution in [3.63, 3.8) is 0 Å². The summed E-state index contributed by atoms with van der Waals surface area (Å²) in [5.74, 6) is 2.07. The Balaban J connectivity index is 2.08. The van der Waals surface area contributed by atoms with Gasteiger partial charge in [0.05, 0.1) is 6.61 Å². The maximum absolute atomic E-state index is 11.0. The molecule has 0 spiro atoms. The Bertz CT molecular complexity index is 826. The van der Waals surface area contributed by atoms with E-state index < -0.39 is 0 Å². The average Bonchev–Trinajstić information content (AvgIpc) is 2.64. The second kappa shape index (κ2) is 9.34. The molecule has 0 aliphatic heterocycles. The molecular weight excluding hydrogens is 364 g/mol. The predicted octanol–water partition coefficient (Wildman–Crippen LogP) is 5.95. The first kappa shape index (κ1) is 22.8. The molecule has 0 saturated carbocycles. The summed E-state index contributed by atoms with van der Waals surface area (Å²) in [6.07, 6.45) is 0.796. The number of hydrogen-bond donors (Lipinski definition) is 0. The number of benzene rings is 2. The zero-order valence-corrected chi connectivity index (χ0v) is 18.8. The van der Waals surface area contributed by atoms with Crippen LogP contribution in [-0.4, -0.2) is 26.1 Å². The van der Waals surface area contributed by atoms with E-state index >= 15 is 0 Å². The van der Waals surface area contributed by atoms with E-state index in [4.69, 9.17) is 14.2 Å². The van der Waals surface area contributed by atoms with Crippen molar-refractivity contribution in [3.05, 3.63) is 53.1 Å². The van der Waals surface area contributed by atoms with Crippen LogP contribution < -0.4 is 14.2 Å². The molecule has 2 rings (SSSR count). The highest BCUT2D eigenvalue weighted by Gasteiger charge is 2.23. The minimum Gasteiger partial charge on any atom is -0.490 e. The van der Waals surface area contributed by atoms with Crippen LogP contribution >= 0.6 is 0 Å². The van der Waals surface area contributed by atoms with Crippen molar-refractivity contribution in [1.82, 2.24) is 0 Å². The van der Waals surface area contributed by atoms with Crippen LogP contribution in [0.25, 0.3) is 0 Å². The molecule has 0 aliphatic rings. The van der Waals surface area contributed by atoms with E-state index in [9.17, 15) is 4.79 Å². The second-order valence-corrected chi connectivity index (χ2v) is 9.16.